The second-order valence-corrected chi connectivity index (χ2v) is 5.19. The first-order chi connectivity index (χ1) is 10.1. The average Bonchev–Trinajstić information content (AvgIpc) is 2.50. The fraction of sp³-hybridized carbons (Fsp3) is 0.438. The molecule has 0 spiro atoms. The first-order valence-electron chi connectivity index (χ1n) is 7.35. The van der Waals surface area contributed by atoms with Crippen LogP contribution in [0.1, 0.15) is 38.7 Å². The summed E-state index contributed by atoms with van der Waals surface area (Å²) in [6, 6.07) is 7.53. The summed E-state index contributed by atoms with van der Waals surface area (Å²) >= 11 is 0. The van der Waals surface area contributed by atoms with Gasteiger partial charge in [-0.05, 0) is 30.5 Å². The lowest BCUT2D eigenvalue weighted by atomic mass is 9.88. The molecule has 1 aromatic heterocycles. The van der Waals surface area contributed by atoms with Gasteiger partial charge in [-0.2, -0.15) is 0 Å². The number of non-ortho nitro benzene ring substituents is 1. The van der Waals surface area contributed by atoms with Gasteiger partial charge in [0.25, 0.3) is 5.69 Å². The highest BCUT2D eigenvalue weighted by molar-refractivity contribution is 5.90. The van der Waals surface area contributed by atoms with Crippen molar-refractivity contribution in [1.82, 2.24) is 10.3 Å². The molecular formula is C16H21N3O2. The number of pyridine rings is 1. The first-order valence-corrected chi connectivity index (χ1v) is 7.35. The van der Waals surface area contributed by atoms with Crippen LogP contribution < -0.4 is 5.32 Å². The lowest BCUT2D eigenvalue weighted by molar-refractivity contribution is -0.383. The maximum Gasteiger partial charge on any atom is 0.295 e. The Labute approximate surface area is 124 Å². The summed E-state index contributed by atoms with van der Waals surface area (Å²) in [6.45, 7) is 7.30. The van der Waals surface area contributed by atoms with Gasteiger partial charge in [-0.15, -0.1) is 0 Å². The Hall–Kier alpha value is -2.01. The maximum absolute atomic E-state index is 11.1. The van der Waals surface area contributed by atoms with Crippen molar-refractivity contribution >= 4 is 16.6 Å². The molecule has 0 amide bonds. The number of fused-ring (bicyclic) bond motifs is 1. The van der Waals surface area contributed by atoms with E-state index in [4.69, 9.17) is 0 Å². The van der Waals surface area contributed by atoms with Crippen LogP contribution in [0.3, 0.4) is 0 Å². The summed E-state index contributed by atoms with van der Waals surface area (Å²) < 4.78 is 0. The molecule has 0 aliphatic heterocycles. The average molecular weight is 287 g/mol. The Morgan fingerprint density at radius 3 is 2.71 bits per heavy atom. The minimum Gasteiger partial charge on any atom is -0.314 e. The smallest absolute Gasteiger partial charge is 0.295 e. The van der Waals surface area contributed by atoms with Gasteiger partial charge in [0, 0.05) is 23.7 Å². The second-order valence-electron chi connectivity index (χ2n) is 5.19. The van der Waals surface area contributed by atoms with E-state index in [2.05, 4.69) is 31.1 Å². The molecule has 21 heavy (non-hydrogen) atoms. The van der Waals surface area contributed by atoms with E-state index in [0.717, 1.165) is 23.9 Å². The van der Waals surface area contributed by atoms with E-state index in [0.29, 0.717) is 11.6 Å². The number of nitro benzene ring substituents is 1. The van der Waals surface area contributed by atoms with Crippen LogP contribution in [0, 0.1) is 10.1 Å². The summed E-state index contributed by atoms with van der Waals surface area (Å²) in [7, 11) is 0. The van der Waals surface area contributed by atoms with E-state index in [9.17, 15) is 10.1 Å². The number of benzene rings is 1. The van der Waals surface area contributed by atoms with E-state index in [1.165, 1.54) is 0 Å². The zero-order valence-corrected chi connectivity index (χ0v) is 12.7. The third kappa shape index (κ3) is 3.03. The molecule has 1 N–H and O–H groups in total. The van der Waals surface area contributed by atoms with E-state index in [1.54, 1.807) is 12.3 Å². The molecule has 2 aromatic rings. The van der Waals surface area contributed by atoms with E-state index >= 15 is 0 Å². The number of hydrogen-bond acceptors (Lipinski definition) is 4. The van der Waals surface area contributed by atoms with Crippen molar-refractivity contribution in [1.29, 1.82) is 0 Å². The molecule has 0 aliphatic carbocycles. The summed E-state index contributed by atoms with van der Waals surface area (Å²) in [5, 5.41) is 15.5. The van der Waals surface area contributed by atoms with Crippen LogP contribution in [0.2, 0.25) is 0 Å². The Morgan fingerprint density at radius 2 is 2.10 bits per heavy atom. The summed E-state index contributed by atoms with van der Waals surface area (Å²) in [5.41, 5.74) is 1.65. The van der Waals surface area contributed by atoms with Gasteiger partial charge < -0.3 is 5.32 Å². The summed E-state index contributed by atoms with van der Waals surface area (Å²) in [6.07, 6.45) is 2.61. The van der Waals surface area contributed by atoms with Crippen molar-refractivity contribution in [3.63, 3.8) is 0 Å². The zero-order chi connectivity index (χ0) is 15.4. The van der Waals surface area contributed by atoms with Crippen LogP contribution in [0.5, 0.6) is 0 Å². The third-order valence-electron chi connectivity index (χ3n) is 3.98. The molecule has 0 saturated heterocycles. The molecule has 0 fully saturated rings. The van der Waals surface area contributed by atoms with Crippen LogP contribution >= 0.6 is 0 Å². The minimum atomic E-state index is -0.370. The molecule has 0 radical (unpaired) electrons. The standard InChI is InChI=1S/C16H21N3O2/c1-4-14(17-5-2)11(3)12-8-9-15(19(20)21)16-13(12)7-6-10-18-16/h6-11,14,17H,4-5H2,1-3H3. The van der Waals surface area contributed by atoms with E-state index in [-0.39, 0.29) is 16.5 Å². The number of aromatic nitrogens is 1. The number of likely N-dealkylation sites (N-methyl/N-ethyl adjacent to an activating group) is 1. The molecular weight excluding hydrogens is 266 g/mol. The van der Waals surface area contributed by atoms with Gasteiger partial charge in [0.2, 0.25) is 0 Å². The fourth-order valence-electron chi connectivity index (χ4n) is 2.88. The van der Waals surface area contributed by atoms with Crippen LogP contribution in [-0.2, 0) is 0 Å². The largest absolute Gasteiger partial charge is 0.314 e. The lowest BCUT2D eigenvalue weighted by Crippen LogP contribution is -2.33. The predicted molar refractivity (Wildman–Crippen MR) is 84.6 cm³/mol. The van der Waals surface area contributed by atoms with Gasteiger partial charge in [-0.3, -0.25) is 10.1 Å². The molecule has 2 rings (SSSR count). The molecule has 1 aromatic carbocycles. The monoisotopic (exact) mass is 287 g/mol. The van der Waals surface area contributed by atoms with Gasteiger partial charge >= 0.3 is 0 Å². The van der Waals surface area contributed by atoms with Crippen molar-refractivity contribution in [2.24, 2.45) is 0 Å². The normalized spacial score (nSPS) is 14.0. The number of nitrogens with zero attached hydrogens (tertiary/aromatic N) is 2. The van der Waals surface area contributed by atoms with Crippen LogP contribution in [0.15, 0.2) is 30.5 Å². The van der Waals surface area contributed by atoms with E-state index < -0.39 is 0 Å². The molecule has 0 bridgehead atoms. The predicted octanol–water partition coefficient (Wildman–Crippen LogP) is 3.63. The van der Waals surface area contributed by atoms with Crippen molar-refractivity contribution in [3.8, 4) is 0 Å². The molecule has 2 unspecified atom stereocenters. The highest BCUT2D eigenvalue weighted by atomic mass is 16.6. The highest BCUT2D eigenvalue weighted by Crippen LogP contribution is 2.32. The molecule has 0 saturated carbocycles. The second kappa shape index (κ2) is 6.63. The number of nitro groups is 1. The Kier molecular flexibility index (Phi) is 4.85. The van der Waals surface area contributed by atoms with Gasteiger partial charge in [0.05, 0.1) is 4.92 Å². The van der Waals surface area contributed by atoms with E-state index in [1.807, 2.05) is 18.2 Å². The fourth-order valence-corrected chi connectivity index (χ4v) is 2.88. The molecule has 0 aliphatic rings. The zero-order valence-electron chi connectivity index (χ0n) is 12.7. The third-order valence-corrected chi connectivity index (χ3v) is 3.98. The van der Waals surface area contributed by atoms with Crippen molar-refractivity contribution in [2.75, 3.05) is 6.54 Å². The highest BCUT2D eigenvalue weighted by Gasteiger charge is 2.22. The Bertz CT molecular complexity index is 642. The maximum atomic E-state index is 11.1. The molecule has 2 atom stereocenters. The van der Waals surface area contributed by atoms with Gasteiger partial charge in [-0.25, -0.2) is 4.98 Å². The molecule has 5 heteroatoms. The quantitative estimate of drug-likeness (QED) is 0.650. The minimum absolute atomic E-state index is 0.0676. The van der Waals surface area contributed by atoms with Gasteiger partial charge in [-0.1, -0.05) is 32.9 Å². The summed E-state index contributed by atoms with van der Waals surface area (Å²) in [5.74, 6) is 0.266. The molecule has 1 heterocycles. The summed E-state index contributed by atoms with van der Waals surface area (Å²) in [4.78, 5) is 15.0. The van der Waals surface area contributed by atoms with Crippen LogP contribution in [-0.4, -0.2) is 22.5 Å². The lowest BCUT2D eigenvalue weighted by Gasteiger charge is -2.25. The first kappa shape index (κ1) is 15.4. The van der Waals surface area contributed by atoms with Gasteiger partial charge in [0.1, 0.15) is 5.52 Å². The topological polar surface area (TPSA) is 68.1 Å². The Morgan fingerprint density at radius 1 is 1.33 bits per heavy atom. The number of nitrogens with one attached hydrogen (secondary N) is 1. The van der Waals surface area contributed by atoms with Crippen molar-refractivity contribution in [2.45, 2.75) is 39.2 Å². The molecule has 5 nitrogen and oxygen atoms in total. The van der Waals surface area contributed by atoms with Crippen LogP contribution in [0.4, 0.5) is 5.69 Å². The Balaban J connectivity index is 2.55. The molecule has 112 valence electrons. The number of rotatable bonds is 6. The SMILES string of the molecule is CCNC(CC)C(C)c1ccc([N+](=O)[O-])c2ncccc12. The van der Waals surface area contributed by atoms with Gasteiger partial charge in [0.15, 0.2) is 0 Å². The van der Waals surface area contributed by atoms with Crippen LogP contribution in [0.25, 0.3) is 10.9 Å². The van der Waals surface area contributed by atoms with Crippen molar-refractivity contribution in [3.05, 3.63) is 46.1 Å². The van der Waals surface area contributed by atoms with Crippen molar-refractivity contribution < 1.29 is 4.92 Å². The number of hydrogen-bond donors (Lipinski definition) is 1.